The van der Waals surface area contributed by atoms with Crippen LogP contribution in [0.3, 0.4) is 0 Å². The Morgan fingerprint density at radius 1 is 1.17 bits per heavy atom. The van der Waals surface area contributed by atoms with Crippen molar-refractivity contribution in [1.29, 1.82) is 0 Å². The largest absolute Gasteiger partial charge is 0.486 e. The molecule has 1 aromatic rings. The van der Waals surface area contributed by atoms with Gasteiger partial charge in [-0.05, 0) is 25.1 Å². The predicted octanol–water partition coefficient (Wildman–Crippen LogP) is 3.00. The van der Waals surface area contributed by atoms with Gasteiger partial charge in [-0.15, -0.1) is 0 Å². The second-order valence-electron chi connectivity index (χ2n) is 4.76. The molecule has 0 bridgehead atoms. The average Bonchev–Trinajstić information content (AvgIpc) is 2.42. The zero-order chi connectivity index (χ0) is 12.6. The summed E-state index contributed by atoms with van der Waals surface area (Å²) in [7, 11) is 0. The molecule has 0 saturated heterocycles. The molecule has 0 aromatic heterocycles. The van der Waals surface area contributed by atoms with Gasteiger partial charge < -0.3 is 14.8 Å². The molecule has 1 aromatic carbocycles. The lowest BCUT2D eigenvalue weighted by Crippen LogP contribution is -2.38. The quantitative estimate of drug-likeness (QED) is 0.754. The molecule has 0 fully saturated rings. The van der Waals surface area contributed by atoms with E-state index in [9.17, 15) is 0 Å². The molecule has 1 atom stereocenters. The predicted molar refractivity (Wildman–Crippen MR) is 73.4 cm³/mol. The molecule has 18 heavy (non-hydrogen) atoms. The Bertz CT molecular complexity index is 354. The minimum Gasteiger partial charge on any atom is -0.486 e. The molecular formula is C15H23NO2. The number of para-hydroxylation sites is 2. The van der Waals surface area contributed by atoms with Gasteiger partial charge in [0.25, 0.3) is 0 Å². The van der Waals surface area contributed by atoms with Gasteiger partial charge in [0.1, 0.15) is 12.7 Å². The van der Waals surface area contributed by atoms with Gasteiger partial charge in [0.05, 0.1) is 0 Å². The van der Waals surface area contributed by atoms with Crippen LogP contribution in [0.25, 0.3) is 0 Å². The fourth-order valence-electron chi connectivity index (χ4n) is 2.10. The lowest BCUT2D eigenvalue weighted by molar-refractivity contribution is 0.0905. The third-order valence-corrected chi connectivity index (χ3v) is 3.15. The maximum Gasteiger partial charge on any atom is 0.161 e. The molecule has 0 saturated carbocycles. The summed E-state index contributed by atoms with van der Waals surface area (Å²) in [5.41, 5.74) is 0. The summed E-state index contributed by atoms with van der Waals surface area (Å²) in [6.45, 7) is 4.80. The summed E-state index contributed by atoms with van der Waals surface area (Å²) in [6, 6.07) is 7.85. The summed E-state index contributed by atoms with van der Waals surface area (Å²) in [4.78, 5) is 0. The summed E-state index contributed by atoms with van der Waals surface area (Å²) in [6.07, 6.45) is 5.31. The Morgan fingerprint density at radius 3 is 2.83 bits per heavy atom. The molecule has 1 unspecified atom stereocenters. The first-order chi connectivity index (χ1) is 8.90. The maximum absolute atomic E-state index is 5.87. The van der Waals surface area contributed by atoms with Gasteiger partial charge >= 0.3 is 0 Å². The van der Waals surface area contributed by atoms with E-state index < -0.39 is 0 Å². The first-order valence-electron chi connectivity index (χ1n) is 6.99. The van der Waals surface area contributed by atoms with E-state index in [2.05, 4.69) is 12.2 Å². The SMILES string of the molecule is CCCCCCNCC1COc2ccccc2O1. The third kappa shape index (κ3) is 3.91. The van der Waals surface area contributed by atoms with Crippen LogP contribution in [0.5, 0.6) is 11.5 Å². The van der Waals surface area contributed by atoms with Gasteiger partial charge in [0.15, 0.2) is 11.5 Å². The molecule has 0 amide bonds. The molecule has 1 N–H and O–H groups in total. The molecule has 100 valence electrons. The molecule has 0 aliphatic carbocycles. The van der Waals surface area contributed by atoms with E-state index in [1.807, 2.05) is 24.3 Å². The Labute approximate surface area is 109 Å². The molecule has 1 aliphatic rings. The van der Waals surface area contributed by atoms with E-state index in [1.54, 1.807) is 0 Å². The van der Waals surface area contributed by atoms with Crippen molar-refractivity contribution in [3.05, 3.63) is 24.3 Å². The van der Waals surface area contributed by atoms with Crippen LogP contribution in [0.2, 0.25) is 0 Å². The highest BCUT2D eigenvalue weighted by molar-refractivity contribution is 5.40. The van der Waals surface area contributed by atoms with E-state index in [1.165, 1.54) is 25.7 Å². The first kappa shape index (κ1) is 13.2. The highest BCUT2D eigenvalue weighted by atomic mass is 16.6. The first-order valence-corrected chi connectivity index (χ1v) is 6.99. The van der Waals surface area contributed by atoms with Gasteiger partial charge in [-0.2, -0.15) is 0 Å². The van der Waals surface area contributed by atoms with Crippen LogP contribution in [0.1, 0.15) is 32.6 Å². The van der Waals surface area contributed by atoms with Crippen molar-refractivity contribution in [3.63, 3.8) is 0 Å². The molecule has 3 nitrogen and oxygen atoms in total. The van der Waals surface area contributed by atoms with E-state index in [-0.39, 0.29) is 6.10 Å². The molecule has 1 heterocycles. The van der Waals surface area contributed by atoms with Crippen LogP contribution >= 0.6 is 0 Å². The lowest BCUT2D eigenvalue weighted by atomic mass is 10.2. The van der Waals surface area contributed by atoms with Crippen molar-refractivity contribution in [1.82, 2.24) is 5.32 Å². The third-order valence-electron chi connectivity index (χ3n) is 3.15. The van der Waals surface area contributed by atoms with Crippen molar-refractivity contribution in [2.24, 2.45) is 0 Å². The van der Waals surface area contributed by atoms with Gasteiger partial charge in [-0.25, -0.2) is 0 Å². The maximum atomic E-state index is 5.87. The molecule has 0 radical (unpaired) electrons. The number of nitrogens with one attached hydrogen (secondary N) is 1. The number of rotatable bonds is 7. The number of ether oxygens (including phenoxy) is 2. The minimum atomic E-state index is 0.131. The standard InChI is InChI=1S/C15H23NO2/c1-2-3-4-7-10-16-11-13-12-17-14-8-5-6-9-15(14)18-13/h5-6,8-9,13,16H,2-4,7,10-12H2,1H3. The second-order valence-corrected chi connectivity index (χ2v) is 4.76. The number of fused-ring (bicyclic) bond motifs is 1. The van der Waals surface area contributed by atoms with Crippen molar-refractivity contribution in [3.8, 4) is 11.5 Å². The molecule has 3 heteroatoms. The van der Waals surface area contributed by atoms with Gasteiger partial charge in [-0.3, -0.25) is 0 Å². The summed E-state index contributed by atoms with van der Waals surface area (Å²) < 4.78 is 11.5. The van der Waals surface area contributed by atoms with Crippen LogP contribution in [-0.4, -0.2) is 25.8 Å². The van der Waals surface area contributed by atoms with Crippen LogP contribution in [0.15, 0.2) is 24.3 Å². The van der Waals surface area contributed by atoms with Gasteiger partial charge in [0.2, 0.25) is 0 Å². The fraction of sp³-hybridized carbons (Fsp3) is 0.600. The van der Waals surface area contributed by atoms with Crippen molar-refractivity contribution in [2.45, 2.75) is 38.7 Å². The summed E-state index contributed by atoms with van der Waals surface area (Å²) in [5, 5.41) is 3.44. The highest BCUT2D eigenvalue weighted by Gasteiger charge is 2.19. The normalized spacial score (nSPS) is 17.7. The topological polar surface area (TPSA) is 30.5 Å². The highest BCUT2D eigenvalue weighted by Crippen LogP contribution is 2.30. The Morgan fingerprint density at radius 2 is 2.00 bits per heavy atom. The number of benzene rings is 1. The van der Waals surface area contributed by atoms with Gasteiger partial charge in [0, 0.05) is 6.54 Å². The molecule has 2 rings (SSSR count). The molecular weight excluding hydrogens is 226 g/mol. The van der Waals surface area contributed by atoms with E-state index >= 15 is 0 Å². The summed E-state index contributed by atoms with van der Waals surface area (Å²) >= 11 is 0. The van der Waals surface area contributed by atoms with Crippen molar-refractivity contribution in [2.75, 3.05) is 19.7 Å². The van der Waals surface area contributed by atoms with E-state index in [0.29, 0.717) is 6.61 Å². The number of unbranched alkanes of at least 4 members (excludes halogenated alkanes) is 3. The van der Waals surface area contributed by atoms with Crippen LogP contribution in [-0.2, 0) is 0 Å². The Kier molecular flexibility index (Phi) is 5.34. The van der Waals surface area contributed by atoms with Crippen LogP contribution in [0, 0.1) is 0 Å². The van der Waals surface area contributed by atoms with E-state index in [0.717, 1.165) is 24.6 Å². The van der Waals surface area contributed by atoms with Crippen LogP contribution < -0.4 is 14.8 Å². The number of hydrogen-bond acceptors (Lipinski definition) is 3. The number of hydrogen-bond donors (Lipinski definition) is 1. The molecule has 0 spiro atoms. The lowest BCUT2D eigenvalue weighted by Gasteiger charge is -2.26. The second kappa shape index (κ2) is 7.27. The summed E-state index contributed by atoms with van der Waals surface area (Å²) in [5.74, 6) is 1.72. The van der Waals surface area contributed by atoms with Crippen LogP contribution in [0.4, 0.5) is 0 Å². The zero-order valence-corrected chi connectivity index (χ0v) is 11.2. The fourth-order valence-corrected chi connectivity index (χ4v) is 2.10. The monoisotopic (exact) mass is 249 g/mol. The Hall–Kier alpha value is -1.22. The zero-order valence-electron chi connectivity index (χ0n) is 11.2. The van der Waals surface area contributed by atoms with Gasteiger partial charge in [-0.1, -0.05) is 38.3 Å². The van der Waals surface area contributed by atoms with Crippen molar-refractivity contribution < 1.29 is 9.47 Å². The van der Waals surface area contributed by atoms with Crippen molar-refractivity contribution >= 4 is 0 Å². The van der Waals surface area contributed by atoms with E-state index in [4.69, 9.17) is 9.47 Å². The smallest absolute Gasteiger partial charge is 0.161 e. The average molecular weight is 249 g/mol. The Balaban J connectivity index is 1.64. The molecule has 1 aliphatic heterocycles. The minimum absolute atomic E-state index is 0.131.